The number of methoxy groups -OCH3 is 2. The van der Waals surface area contributed by atoms with Gasteiger partial charge >= 0.3 is 5.97 Å². The first-order chi connectivity index (χ1) is 17.8. The van der Waals surface area contributed by atoms with E-state index in [-0.39, 0.29) is 18.4 Å². The molecule has 13 heteroatoms. The third-order valence-corrected chi connectivity index (χ3v) is 8.79. The quantitative estimate of drug-likeness (QED) is 0.206. The molecule has 0 spiro atoms. The van der Waals surface area contributed by atoms with Crippen molar-refractivity contribution in [1.82, 2.24) is 10.2 Å². The molecule has 4 rings (SSSR count). The first kappa shape index (κ1) is 26.9. The summed E-state index contributed by atoms with van der Waals surface area (Å²) in [7, 11) is 3.01. The normalized spacial score (nSPS) is 13.0. The second-order valence-corrected chi connectivity index (χ2v) is 11.6. The highest BCUT2D eigenvalue weighted by Crippen LogP contribution is 2.40. The Bertz CT molecular complexity index is 1320. The average molecular weight is 563 g/mol. The molecule has 1 aromatic carbocycles. The Morgan fingerprint density at radius 3 is 2.59 bits per heavy atom. The highest BCUT2D eigenvalue weighted by molar-refractivity contribution is 8.02. The predicted molar refractivity (Wildman–Crippen MR) is 144 cm³/mol. The van der Waals surface area contributed by atoms with Gasteiger partial charge in [0.2, 0.25) is 11.0 Å². The monoisotopic (exact) mass is 562 g/mol. The van der Waals surface area contributed by atoms with Crippen LogP contribution in [0.3, 0.4) is 0 Å². The molecule has 3 aromatic rings. The van der Waals surface area contributed by atoms with E-state index < -0.39 is 11.2 Å². The minimum Gasteiger partial charge on any atom is -0.493 e. The van der Waals surface area contributed by atoms with Gasteiger partial charge in [-0.1, -0.05) is 23.1 Å². The third kappa shape index (κ3) is 6.05. The lowest BCUT2D eigenvalue weighted by Crippen LogP contribution is -2.23. The topological polar surface area (TPSA) is 129 Å². The molecule has 0 bridgehead atoms. The Morgan fingerprint density at radius 1 is 1.08 bits per heavy atom. The third-order valence-electron chi connectivity index (χ3n) is 5.56. The fourth-order valence-corrected chi connectivity index (χ4v) is 6.96. The number of hydrogen-bond acceptors (Lipinski definition) is 11. The number of esters is 1. The van der Waals surface area contributed by atoms with Gasteiger partial charge in [0.1, 0.15) is 5.00 Å². The van der Waals surface area contributed by atoms with Crippen LogP contribution in [0.2, 0.25) is 0 Å². The number of carbonyl (C=O) groups excluding carboxylic acids is 3. The van der Waals surface area contributed by atoms with Gasteiger partial charge in [-0.2, -0.15) is 0 Å². The van der Waals surface area contributed by atoms with Gasteiger partial charge in [-0.3, -0.25) is 14.9 Å². The van der Waals surface area contributed by atoms with Crippen molar-refractivity contribution in [1.29, 1.82) is 0 Å². The fraction of sp³-hybridized carbons (Fsp3) is 0.375. The Kier molecular flexibility index (Phi) is 8.67. The summed E-state index contributed by atoms with van der Waals surface area (Å²) < 4.78 is 16.2. The molecule has 0 radical (unpaired) electrons. The van der Waals surface area contributed by atoms with Crippen LogP contribution in [-0.4, -0.2) is 54.1 Å². The number of amides is 2. The van der Waals surface area contributed by atoms with E-state index in [1.54, 1.807) is 32.0 Å². The molecule has 0 saturated carbocycles. The number of carbonyl (C=O) groups is 3. The lowest BCUT2D eigenvalue weighted by molar-refractivity contribution is -0.115. The van der Waals surface area contributed by atoms with Crippen molar-refractivity contribution in [3.63, 3.8) is 0 Å². The molecule has 2 N–H and O–H groups in total. The molecule has 1 atom stereocenters. The number of nitrogens with zero attached hydrogens (tertiary/aromatic N) is 2. The van der Waals surface area contributed by atoms with E-state index in [0.29, 0.717) is 37.1 Å². The molecule has 0 fully saturated rings. The molecule has 1 aliphatic rings. The Labute approximate surface area is 226 Å². The van der Waals surface area contributed by atoms with E-state index in [1.165, 1.54) is 37.3 Å². The first-order valence-electron chi connectivity index (χ1n) is 11.5. The number of aromatic nitrogens is 2. The summed E-state index contributed by atoms with van der Waals surface area (Å²) in [6.07, 6.45) is 2.70. The van der Waals surface area contributed by atoms with Crippen LogP contribution in [0.5, 0.6) is 11.5 Å². The van der Waals surface area contributed by atoms with E-state index in [2.05, 4.69) is 20.8 Å². The van der Waals surface area contributed by atoms with E-state index >= 15 is 0 Å². The molecule has 1 aliphatic carbocycles. The van der Waals surface area contributed by atoms with Gasteiger partial charge in [-0.05, 0) is 56.9 Å². The van der Waals surface area contributed by atoms with Crippen LogP contribution < -0.4 is 20.1 Å². The van der Waals surface area contributed by atoms with Crippen LogP contribution in [0.15, 0.2) is 22.5 Å². The van der Waals surface area contributed by atoms with Gasteiger partial charge in [-0.15, -0.1) is 21.5 Å². The van der Waals surface area contributed by atoms with Crippen LogP contribution in [0.1, 0.15) is 51.4 Å². The molecule has 0 aliphatic heterocycles. The van der Waals surface area contributed by atoms with Crippen molar-refractivity contribution in [3.8, 4) is 11.5 Å². The Morgan fingerprint density at radius 2 is 1.86 bits per heavy atom. The van der Waals surface area contributed by atoms with E-state index in [0.717, 1.165) is 41.0 Å². The van der Waals surface area contributed by atoms with Crippen molar-refractivity contribution in [2.75, 3.05) is 31.5 Å². The van der Waals surface area contributed by atoms with Crippen molar-refractivity contribution < 1.29 is 28.6 Å². The minimum absolute atomic E-state index is 0.262. The van der Waals surface area contributed by atoms with Crippen molar-refractivity contribution >= 4 is 62.4 Å². The number of fused-ring (bicyclic) bond motifs is 1. The van der Waals surface area contributed by atoms with Gasteiger partial charge < -0.3 is 19.5 Å². The molecule has 2 heterocycles. The van der Waals surface area contributed by atoms with Crippen LogP contribution in [0.4, 0.5) is 10.1 Å². The van der Waals surface area contributed by atoms with E-state index in [1.807, 2.05) is 0 Å². The van der Waals surface area contributed by atoms with Gasteiger partial charge in [0.05, 0.1) is 31.6 Å². The standard InChI is InChI=1S/C24H26N4O6S3/c1-5-34-22(31)18-14-7-6-8-17(14)36-21(18)25-19(29)12(2)35-24-28-27-23(37-24)26-20(30)13-9-10-15(32-3)16(11-13)33-4/h9-12H,5-8H2,1-4H3,(H,25,29)(H,26,27,30). The summed E-state index contributed by atoms with van der Waals surface area (Å²) in [6.45, 7) is 3.77. The van der Waals surface area contributed by atoms with Gasteiger partial charge in [0, 0.05) is 10.4 Å². The molecule has 10 nitrogen and oxygen atoms in total. The molecule has 0 saturated heterocycles. The van der Waals surface area contributed by atoms with Crippen molar-refractivity contribution in [2.45, 2.75) is 42.7 Å². The summed E-state index contributed by atoms with van der Waals surface area (Å²) in [5.41, 5.74) is 1.83. The Hall–Kier alpha value is -3.16. The van der Waals surface area contributed by atoms with Crippen molar-refractivity contribution in [2.24, 2.45) is 0 Å². The second-order valence-electron chi connectivity index (χ2n) is 7.93. The van der Waals surface area contributed by atoms with Crippen LogP contribution >= 0.6 is 34.4 Å². The Balaban J connectivity index is 1.39. The summed E-state index contributed by atoms with van der Waals surface area (Å²) in [5, 5.41) is 14.0. The maximum Gasteiger partial charge on any atom is 0.341 e. The number of rotatable bonds is 10. The molecule has 1 unspecified atom stereocenters. The predicted octanol–water partition coefficient (Wildman–Crippen LogP) is 4.65. The number of aryl methyl sites for hydroxylation is 1. The summed E-state index contributed by atoms with van der Waals surface area (Å²) in [5.74, 6) is -0.0946. The number of anilines is 2. The average Bonchev–Trinajstić information content (AvgIpc) is 3.60. The zero-order valence-corrected chi connectivity index (χ0v) is 23.2. The van der Waals surface area contributed by atoms with Crippen molar-refractivity contribution in [3.05, 3.63) is 39.8 Å². The van der Waals surface area contributed by atoms with Crippen LogP contribution in [0, 0.1) is 0 Å². The number of thiophene rings is 1. The smallest absolute Gasteiger partial charge is 0.341 e. The number of thioether (sulfide) groups is 1. The van der Waals surface area contributed by atoms with E-state index in [4.69, 9.17) is 14.2 Å². The van der Waals surface area contributed by atoms with Crippen LogP contribution in [-0.2, 0) is 22.4 Å². The molecule has 196 valence electrons. The second kappa shape index (κ2) is 11.9. The lowest BCUT2D eigenvalue weighted by Gasteiger charge is -2.11. The minimum atomic E-state index is -0.519. The van der Waals surface area contributed by atoms with E-state index in [9.17, 15) is 14.4 Å². The zero-order chi connectivity index (χ0) is 26.5. The highest BCUT2D eigenvalue weighted by Gasteiger charge is 2.29. The summed E-state index contributed by atoms with van der Waals surface area (Å²) in [6, 6.07) is 4.83. The van der Waals surface area contributed by atoms with Crippen LogP contribution in [0.25, 0.3) is 0 Å². The fourth-order valence-electron chi connectivity index (χ4n) is 3.78. The highest BCUT2D eigenvalue weighted by atomic mass is 32.2. The van der Waals surface area contributed by atoms with Gasteiger partial charge in [-0.25, -0.2) is 4.79 Å². The SMILES string of the molecule is CCOC(=O)c1c(NC(=O)C(C)Sc2nnc(NC(=O)c3ccc(OC)c(OC)c3)s2)sc2c1CCC2. The molecular weight excluding hydrogens is 536 g/mol. The van der Waals surface area contributed by atoms with Gasteiger partial charge in [0.25, 0.3) is 5.91 Å². The number of benzene rings is 1. The lowest BCUT2D eigenvalue weighted by atomic mass is 10.1. The summed E-state index contributed by atoms with van der Waals surface area (Å²) >= 11 is 3.81. The maximum atomic E-state index is 12.9. The number of ether oxygens (including phenoxy) is 3. The molecule has 2 aromatic heterocycles. The summed E-state index contributed by atoms with van der Waals surface area (Å²) in [4.78, 5) is 39.3. The van der Waals surface area contributed by atoms with Gasteiger partial charge in [0.15, 0.2) is 15.8 Å². The molecular formula is C24H26N4O6S3. The number of hydrogen-bond donors (Lipinski definition) is 2. The first-order valence-corrected chi connectivity index (χ1v) is 14.0. The zero-order valence-electron chi connectivity index (χ0n) is 20.7. The largest absolute Gasteiger partial charge is 0.493 e. The molecule has 2 amide bonds. The number of nitrogens with one attached hydrogen (secondary N) is 2. The maximum absolute atomic E-state index is 12.9. The molecule has 37 heavy (non-hydrogen) atoms.